The molecular weight excluding hydrogens is 370 g/mol. The van der Waals surface area contributed by atoms with Gasteiger partial charge in [0.2, 0.25) is 0 Å². The molecule has 0 unspecified atom stereocenters. The predicted molar refractivity (Wildman–Crippen MR) is 112 cm³/mol. The molecule has 0 aromatic heterocycles. The highest BCUT2D eigenvalue weighted by Gasteiger charge is 2.12. The molecule has 0 atom stereocenters. The number of anilines is 1. The molecule has 0 aliphatic rings. The first-order valence-electron chi connectivity index (χ1n) is 9.54. The normalized spacial score (nSPS) is 10.2. The zero-order valence-electron chi connectivity index (χ0n) is 17.2. The van der Waals surface area contributed by atoms with Crippen molar-refractivity contribution in [2.75, 3.05) is 24.6 Å². The van der Waals surface area contributed by atoms with E-state index in [1.807, 2.05) is 32.0 Å². The highest BCUT2D eigenvalue weighted by molar-refractivity contribution is 5.96. The minimum Gasteiger partial charge on any atom is -0.452 e. The summed E-state index contributed by atoms with van der Waals surface area (Å²) in [6.07, 6.45) is 0. The summed E-state index contributed by atoms with van der Waals surface area (Å²) in [7, 11) is 0. The zero-order valence-corrected chi connectivity index (χ0v) is 17.2. The van der Waals surface area contributed by atoms with E-state index in [0.717, 1.165) is 29.9 Å². The Hall–Kier alpha value is -3.35. The molecule has 2 rings (SSSR count). The molecule has 2 N–H and O–H groups in total. The van der Waals surface area contributed by atoms with Crippen LogP contribution < -0.4 is 15.8 Å². The fraction of sp³-hybridized carbons (Fsp3) is 0.318. The van der Waals surface area contributed by atoms with Gasteiger partial charge < -0.3 is 9.64 Å². The van der Waals surface area contributed by atoms with Gasteiger partial charge in [-0.15, -0.1) is 0 Å². The highest BCUT2D eigenvalue weighted by atomic mass is 16.5. The summed E-state index contributed by atoms with van der Waals surface area (Å²) in [4.78, 5) is 38.2. The molecule has 154 valence electrons. The Morgan fingerprint density at radius 2 is 1.48 bits per heavy atom. The van der Waals surface area contributed by atoms with Crippen molar-refractivity contribution < 1.29 is 19.1 Å². The van der Waals surface area contributed by atoms with Crippen molar-refractivity contribution in [2.45, 2.75) is 27.7 Å². The number of hydrogen-bond donors (Lipinski definition) is 2. The van der Waals surface area contributed by atoms with Crippen LogP contribution in [0.1, 0.15) is 45.7 Å². The average Bonchev–Trinajstić information content (AvgIpc) is 2.73. The second-order valence-electron chi connectivity index (χ2n) is 6.60. The van der Waals surface area contributed by atoms with Gasteiger partial charge >= 0.3 is 5.97 Å². The second-order valence-corrected chi connectivity index (χ2v) is 6.60. The van der Waals surface area contributed by atoms with E-state index in [0.29, 0.717) is 11.1 Å². The van der Waals surface area contributed by atoms with Crippen molar-refractivity contribution in [2.24, 2.45) is 0 Å². The molecule has 0 heterocycles. The smallest absolute Gasteiger partial charge is 0.338 e. The van der Waals surface area contributed by atoms with Crippen molar-refractivity contribution in [1.82, 2.24) is 10.9 Å². The Labute approximate surface area is 171 Å². The highest BCUT2D eigenvalue weighted by Crippen LogP contribution is 2.14. The van der Waals surface area contributed by atoms with Crippen LogP contribution in [-0.2, 0) is 9.53 Å². The third kappa shape index (κ3) is 6.07. The number of carbonyl (C=O) groups is 3. The second kappa shape index (κ2) is 10.3. The Kier molecular flexibility index (Phi) is 7.77. The summed E-state index contributed by atoms with van der Waals surface area (Å²) in [6.45, 7) is 9.21. The number of amides is 2. The van der Waals surface area contributed by atoms with E-state index in [1.54, 1.807) is 24.3 Å². The van der Waals surface area contributed by atoms with E-state index in [2.05, 4.69) is 29.6 Å². The average molecular weight is 397 g/mol. The van der Waals surface area contributed by atoms with Crippen LogP contribution in [0.3, 0.4) is 0 Å². The van der Waals surface area contributed by atoms with Gasteiger partial charge in [0.15, 0.2) is 6.61 Å². The van der Waals surface area contributed by atoms with Crippen LogP contribution in [0, 0.1) is 13.8 Å². The van der Waals surface area contributed by atoms with Crippen molar-refractivity contribution in [1.29, 1.82) is 0 Å². The molecule has 0 aliphatic heterocycles. The molecule has 2 amide bonds. The van der Waals surface area contributed by atoms with Crippen molar-refractivity contribution in [3.05, 3.63) is 64.7 Å². The molecule has 2 aromatic carbocycles. The molecule has 0 aliphatic carbocycles. The van der Waals surface area contributed by atoms with Crippen LogP contribution >= 0.6 is 0 Å². The number of rotatable bonds is 7. The number of benzene rings is 2. The lowest BCUT2D eigenvalue weighted by Gasteiger charge is -2.21. The summed E-state index contributed by atoms with van der Waals surface area (Å²) < 4.78 is 4.98. The topological polar surface area (TPSA) is 87.7 Å². The molecule has 29 heavy (non-hydrogen) atoms. The van der Waals surface area contributed by atoms with Crippen molar-refractivity contribution in [3.8, 4) is 0 Å². The maximum atomic E-state index is 12.2. The predicted octanol–water partition coefficient (Wildman–Crippen LogP) is 2.77. The maximum Gasteiger partial charge on any atom is 0.338 e. The number of aryl methyl sites for hydroxylation is 2. The van der Waals surface area contributed by atoms with Crippen LogP contribution in [0.5, 0.6) is 0 Å². The first-order valence-corrected chi connectivity index (χ1v) is 9.54. The van der Waals surface area contributed by atoms with Gasteiger partial charge in [-0.1, -0.05) is 6.07 Å². The van der Waals surface area contributed by atoms with E-state index in [4.69, 9.17) is 4.74 Å². The third-order valence-corrected chi connectivity index (χ3v) is 4.65. The molecule has 0 saturated heterocycles. The first-order chi connectivity index (χ1) is 13.8. The van der Waals surface area contributed by atoms with Crippen molar-refractivity contribution >= 4 is 23.5 Å². The van der Waals surface area contributed by atoms with Gasteiger partial charge in [0, 0.05) is 24.3 Å². The van der Waals surface area contributed by atoms with Gasteiger partial charge in [-0.25, -0.2) is 4.79 Å². The van der Waals surface area contributed by atoms with Crippen LogP contribution in [0.4, 0.5) is 5.69 Å². The monoisotopic (exact) mass is 397 g/mol. The molecular formula is C22H27N3O4. The Bertz CT molecular complexity index is 874. The largest absolute Gasteiger partial charge is 0.452 e. The van der Waals surface area contributed by atoms with Gasteiger partial charge in [-0.3, -0.25) is 20.4 Å². The number of esters is 1. The van der Waals surface area contributed by atoms with Gasteiger partial charge in [0.25, 0.3) is 11.8 Å². The fourth-order valence-corrected chi connectivity index (χ4v) is 2.73. The number of carbonyl (C=O) groups excluding carboxylic acids is 3. The summed E-state index contributed by atoms with van der Waals surface area (Å²) in [6, 6.07) is 12.3. The Morgan fingerprint density at radius 1 is 0.862 bits per heavy atom. The number of nitrogens with zero attached hydrogens (tertiary/aromatic N) is 1. The number of hydrogen-bond acceptors (Lipinski definition) is 5. The Balaban J connectivity index is 1.81. The lowest BCUT2D eigenvalue weighted by atomic mass is 10.1. The van der Waals surface area contributed by atoms with Crippen LogP contribution in [-0.4, -0.2) is 37.5 Å². The van der Waals surface area contributed by atoms with E-state index in [-0.39, 0.29) is 0 Å². The molecule has 2 aromatic rings. The molecule has 0 fully saturated rings. The molecule has 7 nitrogen and oxygen atoms in total. The quantitative estimate of drug-likeness (QED) is 0.554. The Morgan fingerprint density at radius 3 is 2.07 bits per heavy atom. The lowest BCUT2D eigenvalue weighted by Crippen LogP contribution is -2.43. The summed E-state index contributed by atoms with van der Waals surface area (Å²) in [5.41, 5.74) is 8.38. The number of nitrogens with one attached hydrogen (secondary N) is 2. The van der Waals surface area contributed by atoms with E-state index in [1.165, 1.54) is 0 Å². The van der Waals surface area contributed by atoms with E-state index < -0.39 is 24.4 Å². The van der Waals surface area contributed by atoms with Gasteiger partial charge in [0.05, 0.1) is 5.56 Å². The number of hydrazine groups is 1. The summed E-state index contributed by atoms with van der Waals surface area (Å²) >= 11 is 0. The molecule has 0 spiro atoms. The van der Waals surface area contributed by atoms with E-state index >= 15 is 0 Å². The van der Waals surface area contributed by atoms with Crippen LogP contribution in [0.2, 0.25) is 0 Å². The van der Waals surface area contributed by atoms with Gasteiger partial charge in [-0.05, 0) is 75.2 Å². The molecule has 7 heteroatoms. The van der Waals surface area contributed by atoms with Crippen molar-refractivity contribution in [3.63, 3.8) is 0 Å². The van der Waals surface area contributed by atoms with Crippen LogP contribution in [0.25, 0.3) is 0 Å². The van der Waals surface area contributed by atoms with E-state index in [9.17, 15) is 14.4 Å². The maximum absolute atomic E-state index is 12.2. The first kappa shape index (κ1) is 21.9. The lowest BCUT2D eigenvalue weighted by molar-refractivity contribution is -0.125. The number of ether oxygens (including phenoxy) is 1. The molecule has 0 saturated carbocycles. The minimum absolute atomic E-state index is 0.373. The summed E-state index contributed by atoms with van der Waals surface area (Å²) in [5, 5.41) is 0. The zero-order chi connectivity index (χ0) is 21.4. The van der Waals surface area contributed by atoms with Gasteiger partial charge in [0.1, 0.15) is 0 Å². The standard InChI is InChI=1S/C22H27N3O4/c1-5-25(6-2)19-11-9-17(10-12-19)21(27)24-23-20(26)14-29-22(28)18-8-7-15(3)16(4)13-18/h7-13H,5-6,14H2,1-4H3,(H,23,26)(H,24,27). The minimum atomic E-state index is -0.629. The van der Waals surface area contributed by atoms with Gasteiger partial charge in [-0.2, -0.15) is 0 Å². The van der Waals surface area contributed by atoms with Crippen LogP contribution in [0.15, 0.2) is 42.5 Å². The SMILES string of the molecule is CCN(CC)c1ccc(C(=O)NNC(=O)COC(=O)c2ccc(C)c(C)c2)cc1. The molecule has 0 radical (unpaired) electrons. The molecule has 0 bridgehead atoms. The fourth-order valence-electron chi connectivity index (χ4n) is 2.73. The summed E-state index contributed by atoms with van der Waals surface area (Å²) in [5.74, 6) is -1.68. The third-order valence-electron chi connectivity index (χ3n) is 4.65.